The van der Waals surface area contributed by atoms with Crippen LogP contribution in [-0.2, 0) is 14.3 Å². The van der Waals surface area contributed by atoms with Gasteiger partial charge in [-0.2, -0.15) is 11.8 Å². The van der Waals surface area contributed by atoms with E-state index in [-0.39, 0.29) is 24.9 Å². The molecule has 0 radical (unpaired) electrons. The number of carbonyl (C=O) groups is 3. The Morgan fingerprint density at radius 1 is 1.00 bits per heavy atom. The Morgan fingerprint density at radius 2 is 1.63 bits per heavy atom. The van der Waals surface area contributed by atoms with Crippen LogP contribution in [0.15, 0.2) is 48.5 Å². The molecule has 2 amide bonds. The smallest absolute Gasteiger partial charge is 0.407 e. The van der Waals surface area contributed by atoms with E-state index >= 15 is 0 Å². The summed E-state index contributed by atoms with van der Waals surface area (Å²) in [5, 5.41) is 14.7. The zero-order valence-electron chi connectivity index (χ0n) is 20.3. The molecular formula is C27H34N2O5S. The Labute approximate surface area is 211 Å². The quantitative estimate of drug-likeness (QED) is 0.367. The second kappa shape index (κ2) is 13.2. The fraction of sp³-hybridized carbons (Fsp3) is 0.444. The largest absolute Gasteiger partial charge is 0.481 e. The highest BCUT2D eigenvalue weighted by Crippen LogP contribution is 2.44. The maximum atomic E-state index is 12.9. The number of hydrogen-bond donors (Lipinski definition) is 3. The zero-order valence-corrected chi connectivity index (χ0v) is 21.1. The second-order valence-corrected chi connectivity index (χ2v) is 9.74. The van der Waals surface area contributed by atoms with E-state index in [1.54, 1.807) is 11.8 Å². The summed E-state index contributed by atoms with van der Waals surface area (Å²) in [6.45, 7) is 2.18. The number of carbonyl (C=O) groups excluding carboxylic acids is 2. The van der Waals surface area contributed by atoms with Crippen molar-refractivity contribution in [1.82, 2.24) is 10.6 Å². The van der Waals surface area contributed by atoms with Gasteiger partial charge < -0.3 is 20.5 Å². The van der Waals surface area contributed by atoms with Crippen molar-refractivity contribution in [1.29, 1.82) is 0 Å². The van der Waals surface area contributed by atoms with Crippen LogP contribution >= 0.6 is 11.8 Å². The van der Waals surface area contributed by atoms with E-state index in [1.165, 1.54) is 0 Å². The monoisotopic (exact) mass is 498 g/mol. The van der Waals surface area contributed by atoms with Crippen LogP contribution in [0.2, 0.25) is 0 Å². The van der Waals surface area contributed by atoms with E-state index in [0.717, 1.165) is 35.1 Å². The van der Waals surface area contributed by atoms with Gasteiger partial charge in [-0.05, 0) is 47.1 Å². The number of hydrogen-bond acceptors (Lipinski definition) is 5. The van der Waals surface area contributed by atoms with Gasteiger partial charge in [0.2, 0.25) is 5.91 Å². The fourth-order valence-electron chi connectivity index (χ4n) is 4.48. The Bertz CT molecular complexity index is 983. The SMILES string of the molecule is CCCCC(CC(=O)O)NC(=O)[C@@H](CCSC)NC(=O)OCC1c2ccccc2-c2ccccc21. The maximum Gasteiger partial charge on any atom is 0.407 e. The van der Waals surface area contributed by atoms with Crippen molar-refractivity contribution in [3.05, 3.63) is 59.7 Å². The summed E-state index contributed by atoms with van der Waals surface area (Å²) in [7, 11) is 0. The van der Waals surface area contributed by atoms with Crippen molar-refractivity contribution in [3.8, 4) is 11.1 Å². The van der Waals surface area contributed by atoms with Gasteiger partial charge in [0.15, 0.2) is 0 Å². The van der Waals surface area contributed by atoms with Crippen LogP contribution in [0.4, 0.5) is 4.79 Å². The summed E-state index contributed by atoms with van der Waals surface area (Å²) >= 11 is 1.57. The number of ether oxygens (including phenoxy) is 1. The molecule has 2 atom stereocenters. The molecule has 0 spiro atoms. The third-order valence-electron chi connectivity index (χ3n) is 6.24. The summed E-state index contributed by atoms with van der Waals surface area (Å²) in [4.78, 5) is 36.9. The minimum Gasteiger partial charge on any atom is -0.481 e. The molecule has 0 saturated carbocycles. The molecule has 3 rings (SSSR count). The predicted octanol–water partition coefficient (Wildman–Crippen LogP) is 4.80. The lowest BCUT2D eigenvalue weighted by molar-refractivity contribution is -0.137. The number of aliphatic carboxylic acids is 1. The van der Waals surface area contributed by atoms with Crippen LogP contribution in [0.3, 0.4) is 0 Å². The number of unbranched alkanes of at least 4 members (excludes halogenated alkanes) is 1. The number of rotatable bonds is 13. The first kappa shape index (κ1) is 26.6. The molecule has 0 aromatic heterocycles. The zero-order chi connectivity index (χ0) is 25.2. The molecule has 0 saturated heterocycles. The average molecular weight is 499 g/mol. The molecule has 3 N–H and O–H groups in total. The first-order chi connectivity index (χ1) is 16.9. The van der Waals surface area contributed by atoms with Crippen molar-refractivity contribution in [2.45, 2.75) is 57.0 Å². The highest BCUT2D eigenvalue weighted by atomic mass is 32.2. The summed E-state index contributed by atoms with van der Waals surface area (Å²) in [5.41, 5.74) is 4.52. The molecule has 8 heteroatoms. The molecule has 0 heterocycles. The van der Waals surface area contributed by atoms with E-state index in [2.05, 4.69) is 34.9 Å². The highest BCUT2D eigenvalue weighted by Gasteiger charge is 2.30. The number of carboxylic acids is 1. The summed E-state index contributed by atoms with van der Waals surface area (Å²) in [6.07, 6.45) is 3.84. The van der Waals surface area contributed by atoms with Crippen molar-refractivity contribution in [3.63, 3.8) is 0 Å². The molecule has 1 unspecified atom stereocenters. The third-order valence-corrected chi connectivity index (χ3v) is 6.88. The number of fused-ring (bicyclic) bond motifs is 3. The van der Waals surface area contributed by atoms with Gasteiger partial charge in [-0.1, -0.05) is 68.3 Å². The lowest BCUT2D eigenvalue weighted by Crippen LogP contribution is -2.50. The minimum absolute atomic E-state index is 0.0689. The van der Waals surface area contributed by atoms with Gasteiger partial charge in [-0.25, -0.2) is 4.79 Å². The Hall–Kier alpha value is -3.00. The number of carboxylic acid groups (broad SMARTS) is 1. The van der Waals surface area contributed by atoms with Gasteiger partial charge >= 0.3 is 12.1 Å². The molecule has 7 nitrogen and oxygen atoms in total. The molecule has 1 aliphatic carbocycles. The van der Waals surface area contributed by atoms with E-state index in [1.807, 2.05) is 37.4 Å². The average Bonchev–Trinajstić information content (AvgIpc) is 3.17. The van der Waals surface area contributed by atoms with Crippen LogP contribution in [0, 0.1) is 0 Å². The molecule has 35 heavy (non-hydrogen) atoms. The standard InChI is InChI=1S/C27H34N2O5S/c1-3-4-9-18(16-25(30)31)28-26(32)24(14-15-35-2)29-27(33)34-17-23-21-12-7-5-10-19(21)20-11-6-8-13-22(20)23/h5-8,10-13,18,23-24H,3-4,9,14-17H2,1-2H3,(H,28,32)(H,29,33)(H,30,31)/t18?,24-/m1/s1. The molecule has 2 aromatic carbocycles. The van der Waals surface area contributed by atoms with E-state index in [0.29, 0.717) is 18.6 Å². The molecule has 0 bridgehead atoms. The third kappa shape index (κ3) is 7.24. The first-order valence-electron chi connectivity index (χ1n) is 12.1. The van der Waals surface area contributed by atoms with Crippen LogP contribution < -0.4 is 10.6 Å². The van der Waals surface area contributed by atoms with Gasteiger partial charge in [0.25, 0.3) is 0 Å². The van der Waals surface area contributed by atoms with Crippen molar-refractivity contribution in [2.24, 2.45) is 0 Å². The number of alkyl carbamates (subject to hydrolysis) is 1. The summed E-state index contributed by atoms with van der Waals surface area (Å²) in [5.74, 6) is -0.743. The van der Waals surface area contributed by atoms with Gasteiger partial charge in [0.05, 0.1) is 6.42 Å². The van der Waals surface area contributed by atoms with E-state index in [4.69, 9.17) is 4.74 Å². The minimum atomic E-state index is -0.962. The molecule has 0 aliphatic heterocycles. The fourth-order valence-corrected chi connectivity index (χ4v) is 4.95. The lowest BCUT2D eigenvalue weighted by atomic mass is 9.98. The van der Waals surface area contributed by atoms with E-state index in [9.17, 15) is 19.5 Å². The Kier molecular flexibility index (Phi) is 10.0. The summed E-state index contributed by atoms with van der Waals surface area (Å²) in [6, 6.07) is 14.9. The van der Waals surface area contributed by atoms with Crippen LogP contribution in [0.1, 0.15) is 56.1 Å². The predicted molar refractivity (Wildman–Crippen MR) is 139 cm³/mol. The van der Waals surface area contributed by atoms with Crippen molar-refractivity contribution >= 4 is 29.7 Å². The maximum absolute atomic E-state index is 12.9. The van der Waals surface area contributed by atoms with Crippen LogP contribution in [-0.4, -0.2) is 53.8 Å². The number of benzene rings is 2. The van der Waals surface area contributed by atoms with Gasteiger partial charge in [-0.15, -0.1) is 0 Å². The normalized spacial score (nSPS) is 13.9. The molecular weight excluding hydrogens is 464 g/mol. The highest BCUT2D eigenvalue weighted by molar-refractivity contribution is 7.98. The molecule has 188 valence electrons. The topological polar surface area (TPSA) is 105 Å². The summed E-state index contributed by atoms with van der Waals surface area (Å²) < 4.78 is 5.60. The van der Waals surface area contributed by atoms with Gasteiger partial charge in [0, 0.05) is 12.0 Å². The lowest BCUT2D eigenvalue weighted by Gasteiger charge is -2.23. The van der Waals surface area contributed by atoms with Crippen molar-refractivity contribution in [2.75, 3.05) is 18.6 Å². The van der Waals surface area contributed by atoms with E-state index < -0.39 is 24.1 Å². The molecule has 1 aliphatic rings. The Morgan fingerprint density at radius 3 is 2.20 bits per heavy atom. The number of amides is 2. The number of thioether (sulfide) groups is 1. The van der Waals surface area contributed by atoms with Crippen molar-refractivity contribution < 1.29 is 24.2 Å². The van der Waals surface area contributed by atoms with Crippen LogP contribution in [0.5, 0.6) is 0 Å². The Balaban J connectivity index is 1.63. The first-order valence-corrected chi connectivity index (χ1v) is 13.5. The van der Waals surface area contributed by atoms with Gasteiger partial charge in [-0.3, -0.25) is 9.59 Å². The molecule has 2 aromatic rings. The van der Waals surface area contributed by atoms with Gasteiger partial charge in [0.1, 0.15) is 12.6 Å². The number of nitrogens with one attached hydrogen (secondary N) is 2. The van der Waals surface area contributed by atoms with Crippen LogP contribution in [0.25, 0.3) is 11.1 Å². The molecule has 0 fully saturated rings. The second-order valence-electron chi connectivity index (χ2n) is 8.75.